The molecule has 0 aromatic heterocycles. The maximum atomic E-state index is 12.6. The molecule has 3 amide bonds. The zero-order valence-corrected chi connectivity index (χ0v) is 15.4. The van der Waals surface area contributed by atoms with E-state index in [9.17, 15) is 14.4 Å². The number of benzene rings is 1. The van der Waals surface area contributed by atoms with Crippen molar-refractivity contribution in [1.29, 1.82) is 0 Å². The summed E-state index contributed by atoms with van der Waals surface area (Å²) in [6.07, 6.45) is 0.297. The number of piperazine rings is 1. The van der Waals surface area contributed by atoms with Crippen molar-refractivity contribution in [3.63, 3.8) is 0 Å². The number of nitrogens with zero attached hydrogens (tertiary/aromatic N) is 3. The van der Waals surface area contributed by atoms with E-state index in [-0.39, 0.29) is 37.1 Å². The molecule has 0 radical (unpaired) electrons. The molecule has 1 aromatic carbocycles. The SMILES string of the molecule is CC(C)N1CCN(C(=O)CCC(=O)N2CC(=O)Nc3ccccc32)CC1. The number of rotatable bonds is 4. The first kappa shape index (κ1) is 18.4. The number of carbonyl (C=O) groups is 3. The molecule has 140 valence electrons. The summed E-state index contributed by atoms with van der Waals surface area (Å²) in [5.41, 5.74) is 1.32. The standard InChI is InChI=1S/C19H26N4O3/c1-14(2)21-9-11-22(12-10-21)18(25)7-8-19(26)23-13-17(24)20-15-5-3-4-6-16(15)23/h3-6,14H,7-13H2,1-2H3,(H,20,24). The quantitative estimate of drug-likeness (QED) is 0.881. The maximum absolute atomic E-state index is 12.6. The van der Waals surface area contributed by atoms with Crippen LogP contribution in [0.1, 0.15) is 26.7 Å². The van der Waals surface area contributed by atoms with Gasteiger partial charge in [0.2, 0.25) is 17.7 Å². The van der Waals surface area contributed by atoms with E-state index in [0.717, 1.165) is 13.1 Å². The molecule has 7 heteroatoms. The van der Waals surface area contributed by atoms with Gasteiger partial charge in [-0.25, -0.2) is 0 Å². The maximum Gasteiger partial charge on any atom is 0.244 e. The fourth-order valence-electron chi connectivity index (χ4n) is 3.45. The monoisotopic (exact) mass is 358 g/mol. The van der Waals surface area contributed by atoms with Crippen molar-refractivity contribution >= 4 is 29.1 Å². The van der Waals surface area contributed by atoms with Gasteiger partial charge in [0.1, 0.15) is 6.54 Å². The Labute approximate surface area is 153 Å². The van der Waals surface area contributed by atoms with Gasteiger partial charge in [0, 0.05) is 45.1 Å². The fourth-order valence-corrected chi connectivity index (χ4v) is 3.45. The molecular weight excluding hydrogens is 332 g/mol. The number of hydrogen-bond donors (Lipinski definition) is 1. The summed E-state index contributed by atoms with van der Waals surface area (Å²) in [6, 6.07) is 7.70. The van der Waals surface area contributed by atoms with Crippen LogP contribution in [0.5, 0.6) is 0 Å². The molecule has 1 fully saturated rings. The molecule has 0 spiro atoms. The van der Waals surface area contributed by atoms with Gasteiger partial charge in [0.15, 0.2) is 0 Å². The Balaban J connectivity index is 1.55. The minimum absolute atomic E-state index is 0.00288. The summed E-state index contributed by atoms with van der Waals surface area (Å²) in [5, 5.41) is 2.76. The lowest BCUT2D eigenvalue weighted by Gasteiger charge is -2.37. The highest BCUT2D eigenvalue weighted by atomic mass is 16.2. The Morgan fingerprint density at radius 2 is 1.69 bits per heavy atom. The number of nitrogens with one attached hydrogen (secondary N) is 1. The Hall–Kier alpha value is -2.41. The number of anilines is 2. The van der Waals surface area contributed by atoms with Crippen molar-refractivity contribution < 1.29 is 14.4 Å². The first-order valence-corrected chi connectivity index (χ1v) is 9.17. The number of hydrogen-bond acceptors (Lipinski definition) is 4. The van der Waals surface area contributed by atoms with Crippen molar-refractivity contribution in [3.8, 4) is 0 Å². The Bertz CT molecular complexity index is 696. The van der Waals surface area contributed by atoms with E-state index in [2.05, 4.69) is 24.1 Å². The second kappa shape index (κ2) is 7.86. The molecule has 0 aliphatic carbocycles. The summed E-state index contributed by atoms with van der Waals surface area (Å²) < 4.78 is 0. The highest BCUT2D eigenvalue weighted by Crippen LogP contribution is 2.29. The number of fused-ring (bicyclic) bond motifs is 1. The van der Waals surface area contributed by atoms with E-state index in [1.807, 2.05) is 17.0 Å². The summed E-state index contributed by atoms with van der Waals surface area (Å²) in [5.74, 6) is -0.397. The smallest absolute Gasteiger partial charge is 0.244 e. The van der Waals surface area contributed by atoms with E-state index in [1.54, 1.807) is 12.1 Å². The first-order chi connectivity index (χ1) is 12.5. The lowest BCUT2D eigenvalue weighted by atomic mass is 10.1. The summed E-state index contributed by atoms with van der Waals surface area (Å²) >= 11 is 0. The van der Waals surface area contributed by atoms with E-state index >= 15 is 0 Å². The zero-order chi connectivity index (χ0) is 18.7. The van der Waals surface area contributed by atoms with Crippen LogP contribution in [-0.2, 0) is 14.4 Å². The van der Waals surface area contributed by atoms with E-state index in [0.29, 0.717) is 30.5 Å². The van der Waals surface area contributed by atoms with E-state index < -0.39 is 0 Å². The van der Waals surface area contributed by atoms with Gasteiger partial charge in [-0.3, -0.25) is 19.3 Å². The minimum Gasteiger partial charge on any atom is -0.340 e. The van der Waals surface area contributed by atoms with Gasteiger partial charge >= 0.3 is 0 Å². The van der Waals surface area contributed by atoms with Gasteiger partial charge in [-0.15, -0.1) is 0 Å². The molecule has 3 rings (SSSR count). The number of amides is 3. The van der Waals surface area contributed by atoms with Crippen LogP contribution in [0.2, 0.25) is 0 Å². The van der Waals surface area contributed by atoms with Gasteiger partial charge in [-0.1, -0.05) is 12.1 Å². The van der Waals surface area contributed by atoms with Crippen molar-refractivity contribution in [2.45, 2.75) is 32.7 Å². The Kier molecular flexibility index (Phi) is 5.56. The van der Waals surface area contributed by atoms with Crippen LogP contribution in [0.3, 0.4) is 0 Å². The summed E-state index contributed by atoms with van der Waals surface area (Å²) in [4.78, 5) is 42.5. The molecule has 2 aliphatic rings. The summed E-state index contributed by atoms with van der Waals surface area (Å²) in [7, 11) is 0. The number of para-hydroxylation sites is 2. The van der Waals surface area contributed by atoms with Crippen molar-refractivity contribution in [1.82, 2.24) is 9.80 Å². The lowest BCUT2D eigenvalue weighted by molar-refractivity contribution is -0.135. The molecule has 0 atom stereocenters. The predicted molar refractivity (Wildman–Crippen MR) is 99.9 cm³/mol. The molecule has 1 N–H and O–H groups in total. The topological polar surface area (TPSA) is 73.0 Å². The first-order valence-electron chi connectivity index (χ1n) is 9.17. The van der Waals surface area contributed by atoms with Crippen LogP contribution < -0.4 is 10.2 Å². The third kappa shape index (κ3) is 4.04. The predicted octanol–water partition coefficient (Wildman–Crippen LogP) is 1.30. The average molecular weight is 358 g/mol. The van der Waals surface area contributed by atoms with Crippen molar-refractivity contribution in [2.75, 3.05) is 42.9 Å². The second-order valence-electron chi connectivity index (χ2n) is 7.06. The molecule has 7 nitrogen and oxygen atoms in total. The van der Waals surface area contributed by atoms with Crippen LogP contribution in [0.15, 0.2) is 24.3 Å². The lowest BCUT2D eigenvalue weighted by Crippen LogP contribution is -2.50. The van der Waals surface area contributed by atoms with Crippen LogP contribution in [0.4, 0.5) is 11.4 Å². The minimum atomic E-state index is -0.215. The molecule has 1 aromatic rings. The second-order valence-corrected chi connectivity index (χ2v) is 7.06. The highest BCUT2D eigenvalue weighted by molar-refractivity contribution is 6.10. The average Bonchev–Trinajstić information content (AvgIpc) is 2.65. The molecule has 2 aliphatic heterocycles. The van der Waals surface area contributed by atoms with Crippen molar-refractivity contribution in [3.05, 3.63) is 24.3 Å². The largest absolute Gasteiger partial charge is 0.340 e. The van der Waals surface area contributed by atoms with Gasteiger partial charge in [-0.05, 0) is 26.0 Å². The van der Waals surface area contributed by atoms with Crippen LogP contribution in [0, 0.1) is 0 Å². The third-order valence-corrected chi connectivity index (χ3v) is 5.02. The van der Waals surface area contributed by atoms with Crippen molar-refractivity contribution in [2.24, 2.45) is 0 Å². The molecule has 0 bridgehead atoms. The van der Waals surface area contributed by atoms with Gasteiger partial charge < -0.3 is 15.1 Å². The molecule has 0 unspecified atom stereocenters. The molecule has 0 saturated carbocycles. The van der Waals surface area contributed by atoms with Crippen LogP contribution in [0.25, 0.3) is 0 Å². The Morgan fingerprint density at radius 3 is 2.38 bits per heavy atom. The summed E-state index contributed by atoms with van der Waals surface area (Å²) in [6.45, 7) is 7.47. The fraction of sp³-hybridized carbons (Fsp3) is 0.526. The third-order valence-electron chi connectivity index (χ3n) is 5.02. The van der Waals surface area contributed by atoms with E-state index in [4.69, 9.17) is 0 Å². The molecular formula is C19H26N4O3. The Morgan fingerprint density at radius 1 is 1.04 bits per heavy atom. The number of carbonyl (C=O) groups excluding carboxylic acids is 3. The van der Waals surface area contributed by atoms with E-state index in [1.165, 1.54) is 4.90 Å². The molecule has 1 saturated heterocycles. The van der Waals surface area contributed by atoms with Gasteiger partial charge in [-0.2, -0.15) is 0 Å². The molecule has 26 heavy (non-hydrogen) atoms. The zero-order valence-electron chi connectivity index (χ0n) is 15.4. The highest BCUT2D eigenvalue weighted by Gasteiger charge is 2.28. The van der Waals surface area contributed by atoms with Crippen LogP contribution in [-0.4, -0.2) is 66.3 Å². The van der Waals surface area contributed by atoms with Gasteiger partial charge in [0.05, 0.1) is 11.4 Å². The molecule has 2 heterocycles. The van der Waals surface area contributed by atoms with Gasteiger partial charge in [0.25, 0.3) is 0 Å². The van der Waals surface area contributed by atoms with Crippen LogP contribution >= 0.6 is 0 Å². The normalized spacial score (nSPS) is 17.9.